The molecular weight excluding hydrogens is 507 g/mol. The minimum Gasteiger partial charge on any atom is -0.384 e. The second-order valence-corrected chi connectivity index (χ2v) is 8.85. The summed E-state index contributed by atoms with van der Waals surface area (Å²) < 4.78 is 41.0. The number of nitrogens with zero attached hydrogens (tertiary/aromatic N) is 2. The van der Waals surface area contributed by atoms with E-state index in [0.29, 0.717) is 29.7 Å². The molecule has 1 heterocycles. The summed E-state index contributed by atoms with van der Waals surface area (Å²) in [6.07, 6.45) is -3.37. The number of hydrogen-bond donors (Lipinski definition) is 1. The normalized spacial score (nSPS) is 19.2. The number of halogens is 5. The number of rotatable bonds is 2. The molecule has 0 fully saturated rings. The van der Waals surface area contributed by atoms with Crippen LogP contribution in [0.4, 0.5) is 18.9 Å². The van der Waals surface area contributed by atoms with Crippen molar-refractivity contribution in [3.63, 3.8) is 0 Å². The molecular formula is C23H16BrClF3N3O. The van der Waals surface area contributed by atoms with Gasteiger partial charge in [-0.1, -0.05) is 39.7 Å². The Balaban J connectivity index is 1.98. The number of nitriles is 1. The number of allylic oxidation sites excluding steroid dienone is 3. The van der Waals surface area contributed by atoms with E-state index in [1.165, 1.54) is 4.90 Å². The average Bonchev–Trinajstić information content (AvgIpc) is 2.74. The number of carbonyl (C=O) groups excluding carboxylic acids is 1. The van der Waals surface area contributed by atoms with Crippen molar-refractivity contribution in [3.8, 4) is 6.07 Å². The highest BCUT2D eigenvalue weighted by Crippen LogP contribution is 2.48. The first-order chi connectivity index (χ1) is 15.1. The first-order valence-electron chi connectivity index (χ1n) is 9.71. The lowest BCUT2D eigenvalue weighted by molar-refractivity contribution is -0.137. The molecule has 9 heteroatoms. The van der Waals surface area contributed by atoms with E-state index in [4.69, 9.17) is 17.3 Å². The van der Waals surface area contributed by atoms with Crippen LogP contribution in [0.25, 0.3) is 0 Å². The van der Waals surface area contributed by atoms with Crippen molar-refractivity contribution in [1.29, 1.82) is 5.26 Å². The minimum absolute atomic E-state index is 0.0109. The molecule has 0 amide bonds. The molecule has 0 saturated heterocycles. The summed E-state index contributed by atoms with van der Waals surface area (Å²) in [6, 6.07) is 12.2. The van der Waals surface area contributed by atoms with Gasteiger partial charge in [-0.2, -0.15) is 18.4 Å². The van der Waals surface area contributed by atoms with Crippen molar-refractivity contribution in [1.82, 2.24) is 0 Å². The van der Waals surface area contributed by atoms with Gasteiger partial charge in [-0.3, -0.25) is 9.69 Å². The maximum atomic E-state index is 13.4. The maximum absolute atomic E-state index is 13.4. The van der Waals surface area contributed by atoms with E-state index in [1.54, 1.807) is 24.3 Å². The van der Waals surface area contributed by atoms with Crippen LogP contribution in [0.15, 0.2) is 69.6 Å². The van der Waals surface area contributed by atoms with Gasteiger partial charge in [0.2, 0.25) is 0 Å². The van der Waals surface area contributed by atoms with E-state index in [2.05, 4.69) is 22.0 Å². The van der Waals surface area contributed by atoms with Crippen molar-refractivity contribution in [2.75, 3.05) is 4.90 Å². The van der Waals surface area contributed by atoms with Gasteiger partial charge < -0.3 is 5.73 Å². The molecule has 2 aliphatic rings. The Hall–Kier alpha value is -2.76. The molecule has 2 N–H and O–H groups in total. The number of hydrogen-bond acceptors (Lipinski definition) is 4. The lowest BCUT2D eigenvalue weighted by atomic mass is 9.75. The van der Waals surface area contributed by atoms with E-state index in [1.807, 2.05) is 0 Å². The van der Waals surface area contributed by atoms with Crippen LogP contribution < -0.4 is 10.6 Å². The van der Waals surface area contributed by atoms with Crippen LogP contribution >= 0.6 is 27.5 Å². The van der Waals surface area contributed by atoms with Crippen LogP contribution in [0.1, 0.15) is 36.3 Å². The third-order valence-electron chi connectivity index (χ3n) is 5.63. The number of carbonyl (C=O) groups is 1. The van der Waals surface area contributed by atoms with Gasteiger partial charge in [0.15, 0.2) is 5.78 Å². The molecule has 1 atom stereocenters. The largest absolute Gasteiger partial charge is 0.416 e. The lowest BCUT2D eigenvalue weighted by Crippen LogP contribution is -2.39. The first kappa shape index (κ1) is 22.4. The van der Waals surface area contributed by atoms with Crippen molar-refractivity contribution < 1.29 is 18.0 Å². The molecule has 0 radical (unpaired) electrons. The molecule has 4 rings (SSSR count). The summed E-state index contributed by atoms with van der Waals surface area (Å²) in [5, 5.41) is 10.0. The highest BCUT2D eigenvalue weighted by Gasteiger charge is 2.41. The zero-order valence-corrected chi connectivity index (χ0v) is 18.9. The zero-order valence-electron chi connectivity index (χ0n) is 16.5. The van der Waals surface area contributed by atoms with Gasteiger partial charge in [0, 0.05) is 22.2 Å². The van der Waals surface area contributed by atoms with Crippen molar-refractivity contribution >= 4 is 39.0 Å². The van der Waals surface area contributed by atoms with Crippen molar-refractivity contribution in [3.05, 3.63) is 85.8 Å². The molecule has 1 aliphatic heterocycles. The number of ketones is 1. The topological polar surface area (TPSA) is 70.1 Å². The fourth-order valence-corrected chi connectivity index (χ4v) is 4.68. The standard InChI is InChI=1S/C23H16BrClF3N3O/c24-14-7-4-12(5-8-14)20-15(11-29)22(30)31(17-2-1-3-19(32)21(17)20)18-10-13(23(26,27)28)6-9-16(18)25/h4-10,20H,1-3,30H2. The molecule has 0 bridgehead atoms. The Labute approximate surface area is 195 Å². The fraction of sp³-hybridized carbons (Fsp3) is 0.217. The Morgan fingerprint density at radius 1 is 1.16 bits per heavy atom. The third-order valence-corrected chi connectivity index (χ3v) is 6.48. The molecule has 2 aromatic carbocycles. The number of anilines is 1. The van der Waals surface area contributed by atoms with E-state index in [-0.39, 0.29) is 34.3 Å². The Morgan fingerprint density at radius 3 is 2.47 bits per heavy atom. The quantitative estimate of drug-likeness (QED) is 0.494. The summed E-state index contributed by atoms with van der Waals surface area (Å²) in [5.41, 5.74) is 7.12. The predicted molar refractivity (Wildman–Crippen MR) is 119 cm³/mol. The van der Waals surface area contributed by atoms with Crippen LogP contribution in [-0.2, 0) is 11.0 Å². The summed E-state index contributed by atoms with van der Waals surface area (Å²) >= 11 is 9.66. The van der Waals surface area contributed by atoms with E-state index in [9.17, 15) is 23.2 Å². The number of nitrogens with two attached hydrogens (primary N) is 1. The molecule has 4 nitrogen and oxygen atoms in total. The second kappa shape index (κ2) is 8.30. The lowest BCUT2D eigenvalue weighted by Gasteiger charge is -2.40. The molecule has 164 valence electrons. The van der Waals surface area contributed by atoms with Gasteiger partial charge in [-0.05, 0) is 48.7 Å². The molecule has 32 heavy (non-hydrogen) atoms. The van der Waals surface area contributed by atoms with E-state index < -0.39 is 17.7 Å². The Morgan fingerprint density at radius 2 is 1.84 bits per heavy atom. The van der Waals surface area contributed by atoms with Crippen LogP contribution in [0.5, 0.6) is 0 Å². The van der Waals surface area contributed by atoms with Crippen LogP contribution in [0.3, 0.4) is 0 Å². The fourth-order valence-electron chi connectivity index (χ4n) is 4.21. The van der Waals surface area contributed by atoms with Gasteiger partial charge in [-0.15, -0.1) is 0 Å². The van der Waals surface area contributed by atoms with Crippen molar-refractivity contribution in [2.24, 2.45) is 5.73 Å². The maximum Gasteiger partial charge on any atom is 0.416 e. The SMILES string of the molecule is N#CC1=C(N)N(c2cc(C(F)(F)F)ccc2Cl)C2=C(C(=O)CCC2)C1c1ccc(Br)cc1. The average molecular weight is 523 g/mol. The summed E-state index contributed by atoms with van der Waals surface area (Å²) in [4.78, 5) is 14.4. The Bertz CT molecular complexity index is 1210. The van der Waals surface area contributed by atoms with Gasteiger partial charge in [-0.25, -0.2) is 0 Å². The summed E-state index contributed by atoms with van der Waals surface area (Å²) in [7, 11) is 0. The van der Waals surface area contributed by atoms with Gasteiger partial charge in [0.05, 0.1) is 33.8 Å². The number of alkyl halides is 3. The van der Waals surface area contributed by atoms with Crippen LogP contribution in [-0.4, -0.2) is 5.78 Å². The summed E-state index contributed by atoms with van der Waals surface area (Å²) in [5.74, 6) is -0.890. The summed E-state index contributed by atoms with van der Waals surface area (Å²) in [6.45, 7) is 0. The molecule has 0 saturated carbocycles. The van der Waals surface area contributed by atoms with Gasteiger partial charge in [0.25, 0.3) is 0 Å². The minimum atomic E-state index is -4.59. The van der Waals surface area contributed by atoms with E-state index in [0.717, 1.165) is 22.7 Å². The monoisotopic (exact) mass is 521 g/mol. The molecule has 0 spiro atoms. The van der Waals surface area contributed by atoms with E-state index >= 15 is 0 Å². The number of benzene rings is 2. The smallest absolute Gasteiger partial charge is 0.384 e. The molecule has 1 aliphatic carbocycles. The molecule has 0 aromatic heterocycles. The predicted octanol–water partition coefficient (Wildman–Crippen LogP) is 6.43. The first-order valence-corrected chi connectivity index (χ1v) is 10.9. The second-order valence-electron chi connectivity index (χ2n) is 7.53. The molecule has 2 aromatic rings. The number of Topliss-reactive ketones (excluding diaryl/α,β-unsaturated/α-hetero) is 1. The van der Waals surface area contributed by atoms with Crippen LogP contribution in [0.2, 0.25) is 5.02 Å². The van der Waals surface area contributed by atoms with Crippen molar-refractivity contribution in [2.45, 2.75) is 31.4 Å². The highest BCUT2D eigenvalue weighted by atomic mass is 79.9. The third kappa shape index (κ3) is 3.80. The Kier molecular flexibility index (Phi) is 5.82. The van der Waals surface area contributed by atoms with Crippen LogP contribution in [0, 0.1) is 11.3 Å². The molecule has 1 unspecified atom stereocenters. The van der Waals surface area contributed by atoms with Gasteiger partial charge in [0.1, 0.15) is 5.82 Å². The zero-order chi connectivity index (χ0) is 23.2. The van der Waals surface area contributed by atoms with Gasteiger partial charge >= 0.3 is 6.18 Å². The highest BCUT2D eigenvalue weighted by molar-refractivity contribution is 9.10.